The van der Waals surface area contributed by atoms with Crippen molar-refractivity contribution in [1.82, 2.24) is 67.4 Å². The van der Waals surface area contributed by atoms with Crippen molar-refractivity contribution in [3.8, 4) is 5.75 Å². The van der Waals surface area contributed by atoms with Crippen LogP contribution in [-0.2, 0) is 83.2 Å². The van der Waals surface area contributed by atoms with Crippen LogP contribution in [0.25, 0.3) is 0 Å². The Bertz CT molecular complexity index is 3290. The molecule has 5 rings (SSSR count). The Morgan fingerprint density at radius 3 is 1.62 bits per heavy atom. The fourth-order valence-corrected chi connectivity index (χ4v) is 10.4. The number of H-pyrrole nitrogens is 2. The third-order valence-corrected chi connectivity index (χ3v) is 15.6. The summed E-state index contributed by atoms with van der Waals surface area (Å²) in [5.41, 5.74) is 18.7. The molecular weight excluding hydrogens is 1280 g/mol. The standard InChI is InChI=1S/C62H89N17O14.C2H4O2.H2O/c1-7-35(6)51(78-56(87)44(25-37-17-19-40(80)20-18-37)74-58(89)50(34(4)5)77-53(84)42(15-11-21-68-62(64)65)71-52(83)41(63)28-49(81)82)59(90)75-46(27-39-30-67-32-70-39)60(91)79-22-12-16-48(79)57(88)73-43(24-36-13-9-8-10-14-36)54(85)72-45(26-38-29-66-31-69-38)55(86)76-47(61(92)93)23-33(2)3;1-2(3)4;/h8-10,13-14,17-20,29-35,41-48,50-51,80H,7,11-12,15-16,21-28,63H2,1-6H3,(H,66,69)(H,67,70)(H,71,83)(H,72,85)(H,73,88)(H,74,89)(H,75,90)(H,76,86)(H,77,84)(H,78,87)(H,81,82)(H,92,93)(H4,64,65,68);1H3,(H,3,4);1H2. The average molecular weight is 1370 g/mol. The van der Waals surface area contributed by atoms with E-state index >= 15 is 4.79 Å². The molecule has 34 heteroatoms. The number of imidazole rings is 2. The van der Waals surface area contributed by atoms with Crippen LogP contribution >= 0.6 is 0 Å². The van der Waals surface area contributed by atoms with Gasteiger partial charge in [0.2, 0.25) is 53.2 Å². The maximum absolute atomic E-state index is 15.1. The predicted octanol–water partition coefficient (Wildman–Crippen LogP) is -2.07. The van der Waals surface area contributed by atoms with Gasteiger partial charge in [-0.2, -0.15) is 0 Å². The van der Waals surface area contributed by atoms with Crippen molar-refractivity contribution in [2.75, 3.05) is 13.1 Å². The van der Waals surface area contributed by atoms with Crippen LogP contribution in [0.15, 0.2) is 84.6 Å². The summed E-state index contributed by atoms with van der Waals surface area (Å²) >= 11 is 0. The van der Waals surface area contributed by atoms with Crippen LogP contribution in [0.3, 0.4) is 0 Å². The fraction of sp³-hybridized carbons (Fsp3) is 0.516. The zero-order valence-electron chi connectivity index (χ0n) is 55.9. The number of likely N-dealkylation sites (tertiary alicyclic amines) is 1. The van der Waals surface area contributed by atoms with Crippen molar-refractivity contribution in [3.63, 3.8) is 0 Å². The van der Waals surface area contributed by atoms with Gasteiger partial charge in [0.1, 0.15) is 60.1 Å². The van der Waals surface area contributed by atoms with E-state index in [0.29, 0.717) is 35.4 Å². The summed E-state index contributed by atoms with van der Waals surface area (Å²) in [6.07, 6.45) is 5.26. The Balaban J connectivity index is 0.00000486. The molecule has 0 radical (unpaired) electrons. The Morgan fingerprint density at radius 1 is 0.622 bits per heavy atom. The number of carbonyl (C=O) groups excluding carboxylic acids is 9. The van der Waals surface area contributed by atoms with Crippen molar-refractivity contribution in [2.45, 2.75) is 180 Å². The summed E-state index contributed by atoms with van der Waals surface area (Å²) in [5, 5.41) is 58.2. The molecule has 11 atom stereocenters. The van der Waals surface area contributed by atoms with Gasteiger partial charge in [-0.25, -0.2) is 14.8 Å². The lowest BCUT2D eigenvalue weighted by atomic mass is 9.96. The van der Waals surface area contributed by atoms with E-state index in [0.717, 1.165) is 6.92 Å². The first-order chi connectivity index (χ1) is 45.9. The number of aromatic nitrogens is 4. The van der Waals surface area contributed by atoms with Gasteiger partial charge in [-0.05, 0) is 73.1 Å². The van der Waals surface area contributed by atoms with Crippen molar-refractivity contribution in [1.29, 1.82) is 0 Å². The SMILES string of the molecule is CC(=O)O.CCC(C)C(NC(=O)C(Cc1ccc(O)cc1)NC(=O)C(NC(=O)C(CCCN=C(N)N)NC(=O)C(N)CC(=O)O)C(C)C)C(=O)NC(Cc1cnc[nH]1)C(=O)N1CCCC1C(=O)NC(Cc1ccccc1)C(=O)NC(Cc1cnc[nH]1)C(=O)NC(CC(C)C)C(=O)O.O. The van der Waals surface area contributed by atoms with E-state index in [1.165, 1.54) is 54.2 Å². The van der Waals surface area contributed by atoms with Crippen molar-refractivity contribution in [2.24, 2.45) is 39.9 Å². The first-order valence-corrected chi connectivity index (χ1v) is 31.8. The Morgan fingerprint density at radius 2 is 1.10 bits per heavy atom. The lowest BCUT2D eigenvalue weighted by Gasteiger charge is -2.32. The lowest BCUT2D eigenvalue weighted by Crippen LogP contribution is -2.62. The Hall–Kier alpha value is -10.5. The van der Waals surface area contributed by atoms with Crippen LogP contribution in [0.5, 0.6) is 5.75 Å². The molecule has 11 unspecified atom stereocenters. The molecule has 1 fully saturated rings. The molecule has 3 heterocycles. The van der Waals surface area contributed by atoms with Gasteiger partial charge in [-0.3, -0.25) is 57.7 Å². The van der Waals surface area contributed by atoms with Crippen LogP contribution < -0.4 is 59.7 Å². The normalized spacial score (nSPS) is 15.5. The third kappa shape index (κ3) is 27.7. The maximum Gasteiger partial charge on any atom is 0.326 e. The van der Waals surface area contributed by atoms with E-state index in [1.54, 1.807) is 71.9 Å². The molecular formula is C64H95N17O17. The number of nitrogens with one attached hydrogen (secondary N) is 10. The minimum Gasteiger partial charge on any atom is -0.508 e. The lowest BCUT2D eigenvalue weighted by molar-refractivity contribution is -0.143. The molecule has 4 aromatic rings. The van der Waals surface area contributed by atoms with Crippen molar-refractivity contribution < 1.29 is 83.4 Å². The smallest absolute Gasteiger partial charge is 0.326 e. The number of carboxylic acids is 3. The van der Waals surface area contributed by atoms with Gasteiger partial charge in [-0.15, -0.1) is 0 Å². The number of benzene rings is 2. The second kappa shape index (κ2) is 40.8. The monoisotopic (exact) mass is 1370 g/mol. The average Bonchev–Trinajstić information content (AvgIpc) is 1.43. The summed E-state index contributed by atoms with van der Waals surface area (Å²) in [5.74, 6) is -12.6. The summed E-state index contributed by atoms with van der Waals surface area (Å²) in [4.78, 5) is 181. The number of amides is 9. The first kappa shape index (κ1) is 81.7. The molecule has 0 bridgehead atoms. The van der Waals surface area contributed by atoms with Crippen molar-refractivity contribution in [3.05, 3.63) is 102 Å². The number of aliphatic carboxylic acids is 3. The molecule has 1 aliphatic heterocycles. The van der Waals surface area contributed by atoms with Crippen LogP contribution in [-0.4, -0.2) is 201 Å². The zero-order valence-corrected chi connectivity index (χ0v) is 55.9. The van der Waals surface area contributed by atoms with E-state index in [1.807, 2.05) is 0 Å². The van der Waals surface area contributed by atoms with Gasteiger partial charge in [-0.1, -0.05) is 90.4 Å². The van der Waals surface area contributed by atoms with Gasteiger partial charge >= 0.3 is 11.9 Å². The van der Waals surface area contributed by atoms with Gasteiger partial charge < -0.3 is 101 Å². The van der Waals surface area contributed by atoms with Gasteiger partial charge in [0.15, 0.2) is 5.96 Å². The number of carbonyl (C=O) groups is 12. The number of guanidine groups is 1. The van der Waals surface area contributed by atoms with E-state index in [4.69, 9.17) is 27.1 Å². The quantitative estimate of drug-likeness (QED) is 0.0131. The maximum atomic E-state index is 15.1. The molecule has 1 saturated heterocycles. The molecule has 22 N–H and O–H groups in total. The second-order valence-corrected chi connectivity index (χ2v) is 24.4. The van der Waals surface area contributed by atoms with Crippen LogP contribution in [0.2, 0.25) is 0 Å². The number of hydrogen-bond donors (Lipinski definition) is 17. The van der Waals surface area contributed by atoms with Crippen molar-refractivity contribution >= 4 is 77.0 Å². The van der Waals surface area contributed by atoms with Crippen LogP contribution in [0.4, 0.5) is 0 Å². The molecule has 0 saturated carbocycles. The number of aliphatic imine (C=N–C) groups is 1. The molecule has 0 aliphatic carbocycles. The molecule has 0 spiro atoms. The number of carboxylic acid groups (broad SMARTS) is 3. The predicted molar refractivity (Wildman–Crippen MR) is 355 cm³/mol. The Labute approximate surface area is 566 Å². The molecule has 98 heavy (non-hydrogen) atoms. The number of nitrogens with zero attached hydrogens (tertiary/aromatic N) is 4. The molecule has 1 aliphatic rings. The number of rotatable bonds is 37. The Kier molecular flexibility index (Phi) is 34.0. The topological polar surface area (TPSA) is 565 Å². The van der Waals surface area contributed by atoms with E-state index in [-0.39, 0.29) is 87.6 Å². The highest BCUT2D eigenvalue weighted by Gasteiger charge is 2.42. The van der Waals surface area contributed by atoms with Gasteiger partial charge in [0, 0.05) is 69.5 Å². The number of hydrogen-bond acceptors (Lipinski definition) is 17. The molecule has 34 nitrogen and oxygen atoms in total. The minimum absolute atomic E-state index is 0. The summed E-state index contributed by atoms with van der Waals surface area (Å²) < 4.78 is 0. The highest BCUT2D eigenvalue weighted by Crippen LogP contribution is 2.22. The molecule has 9 amide bonds. The van der Waals surface area contributed by atoms with Gasteiger partial charge in [0.25, 0.3) is 5.97 Å². The number of nitrogens with two attached hydrogens (primary N) is 3. The van der Waals surface area contributed by atoms with E-state index in [2.05, 4.69) is 67.5 Å². The molecule has 2 aromatic heterocycles. The van der Waals surface area contributed by atoms with E-state index in [9.17, 15) is 63.3 Å². The summed E-state index contributed by atoms with van der Waals surface area (Å²) in [6, 6.07) is 0.810. The van der Waals surface area contributed by atoms with E-state index < -0.39 is 150 Å². The van der Waals surface area contributed by atoms with Gasteiger partial charge in [0.05, 0.1) is 25.1 Å². The van der Waals surface area contributed by atoms with Crippen LogP contribution in [0.1, 0.15) is 116 Å². The third-order valence-electron chi connectivity index (χ3n) is 15.6. The molecule has 538 valence electrons. The number of aromatic hydroxyl groups is 1. The largest absolute Gasteiger partial charge is 0.508 e. The minimum atomic E-state index is -1.53. The number of aromatic amines is 2. The molecule has 2 aromatic carbocycles. The first-order valence-electron chi connectivity index (χ1n) is 31.8. The highest BCUT2D eigenvalue weighted by atomic mass is 16.4. The zero-order chi connectivity index (χ0) is 72.1. The summed E-state index contributed by atoms with van der Waals surface area (Å²) in [7, 11) is 0. The fourth-order valence-electron chi connectivity index (χ4n) is 10.4. The second-order valence-electron chi connectivity index (χ2n) is 24.4. The number of phenolic OH excluding ortho intramolecular Hbond substituents is 1. The highest BCUT2D eigenvalue weighted by molar-refractivity contribution is 5.99. The summed E-state index contributed by atoms with van der Waals surface area (Å²) in [6.45, 7) is 11.4. The number of phenols is 1. The van der Waals surface area contributed by atoms with Crippen LogP contribution in [0, 0.1) is 17.8 Å².